The lowest BCUT2D eigenvalue weighted by molar-refractivity contribution is 0.0951. The van der Waals surface area contributed by atoms with Gasteiger partial charge in [-0.1, -0.05) is 19.1 Å². The molecule has 0 aliphatic carbocycles. The van der Waals surface area contributed by atoms with Gasteiger partial charge in [0.15, 0.2) is 0 Å². The molecule has 0 fully saturated rings. The summed E-state index contributed by atoms with van der Waals surface area (Å²) in [5, 5.41) is 2.74. The maximum atomic E-state index is 11.6. The number of ether oxygens (including phenoxy) is 1. The molecule has 1 N–H and O–H groups in total. The highest BCUT2D eigenvalue weighted by molar-refractivity contribution is 5.96. The van der Waals surface area contributed by atoms with E-state index in [4.69, 9.17) is 4.74 Å². The zero-order chi connectivity index (χ0) is 10.4. The Labute approximate surface area is 84.1 Å². The van der Waals surface area contributed by atoms with Crippen molar-refractivity contribution in [2.75, 3.05) is 13.7 Å². The SMILES string of the molecule is [CH2]CCNC(=O)c1ccccc1OC. The molecule has 0 heterocycles. The van der Waals surface area contributed by atoms with Gasteiger partial charge in [0.25, 0.3) is 5.91 Å². The quantitative estimate of drug-likeness (QED) is 0.787. The summed E-state index contributed by atoms with van der Waals surface area (Å²) in [5.74, 6) is 0.472. The molecule has 0 atom stereocenters. The fraction of sp³-hybridized carbons (Fsp3) is 0.273. The molecule has 1 amide bonds. The first kappa shape index (κ1) is 10.6. The first-order chi connectivity index (χ1) is 6.79. The molecule has 14 heavy (non-hydrogen) atoms. The molecule has 0 spiro atoms. The Bertz CT molecular complexity index is 310. The van der Waals surface area contributed by atoms with Crippen LogP contribution in [0.3, 0.4) is 0 Å². The van der Waals surface area contributed by atoms with E-state index >= 15 is 0 Å². The van der Waals surface area contributed by atoms with Crippen LogP contribution >= 0.6 is 0 Å². The highest BCUT2D eigenvalue weighted by Gasteiger charge is 2.09. The third kappa shape index (κ3) is 2.49. The first-order valence-corrected chi connectivity index (χ1v) is 4.50. The number of amides is 1. The zero-order valence-electron chi connectivity index (χ0n) is 8.25. The Morgan fingerprint density at radius 3 is 2.86 bits per heavy atom. The fourth-order valence-electron chi connectivity index (χ4n) is 1.13. The van der Waals surface area contributed by atoms with Crippen LogP contribution in [0.1, 0.15) is 16.8 Å². The molecule has 1 rings (SSSR count). The zero-order valence-corrected chi connectivity index (χ0v) is 8.25. The molecule has 75 valence electrons. The van der Waals surface area contributed by atoms with Gasteiger partial charge in [-0.15, -0.1) is 0 Å². The fourth-order valence-corrected chi connectivity index (χ4v) is 1.13. The predicted molar refractivity (Wildman–Crippen MR) is 55.3 cm³/mol. The standard InChI is InChI=1S/C11H14NO2/c1-3-8-12-11(13)9-6-4-5-7-10(9)14-2/h4-7H,1,3,8H2,2H3,(H,12,13). The van der Waals surface area contributed by atoms with Crippen LogP contribution in [0.25, 0.3) is 0 Å². The molecule has 1 aromatic carbocycles. The average Bonchev–Trinajstić information content (AvgIpc) is 2.25. The van der Waals surface area contributed by atoms with Gasteiger partial charge >= 0.3 is 0 Å². The number of carbonyl (C=O) groups is 1. The van der Waals surface area contributed by atoms with Crippen molar-refractivity contribution in [3.63, 3.8) is 0 Å². The summed E-state index contributed by atoms with van der Waals surface area (Å²) >= 11 is 0. The van der Waals surface area contributed by atoms with Crippen LogP contribution in [0.2, 0.25) is 0 Å². The first-order valence-electron chi connectivity index (χ1n) is 4.50. The summed E-state index contributed by atoms with van der Waals surface area (Å²) in [5.41, 5.74) is 0.559. The molecule has 3 heteroatoms. The number of rotatable bonds is 4. The van der Waals surface area contributed by atoms with Gasteiger partial charge in [-0.3, -0.25) is 4.79 Å². The topological polar surface area (TPSA) is 38.3 Å². The lowest BCUT2D eigenvalue weighted by Gasteiger charge is -2.07. The summed E-state index contributed by atoms with van der Waals surface area (Å²) < 4.78 is 5.07. The van der Waals surface area contributed by atoms with E-state index in [1.54, 1.807) is 19.2 Å². The van der Waals surface area contributed by atoms with E-state index < -0.39 is 0 Å². The van der Waals surface area contributed by atoms with Gasteiger partial charge < -0.3 is 10.1 Å². The van der Waals surface area contributed by atoms with Gasteiger partial charge in [0.2, 0.25) is 0 Å². The Balaban J connectivity index is 2.78. The number of carbonyl (C=O) groups excluding carboxylic acids is 1. The van der Waals surface area contributed by atoms with Gasteiger partial charge in [-0.05, 0) is 18.6 Å². The van der Waals surface area contributed by atoms with E-state index in [2.05, 4.69) is 12.2 Å². The average molecular weight is 192 g/mol. The van der Waals surface area contributed by atoms with Crippen molar-refractivity contribution < 1.29 is 9.53 Å². The van der Waals surface area contributed by atoms with Gasteiger partial charge in [0.05, 0.1) is 12.7 Å². The molecule has 1 radical (unpaired) electrons. The Kier molecular flexibility index (Phi) is 3.98. The van der Waals surface area contributed by atoms with E-state index in [1.807, 2.05) is 12.1 Å². The molecule has 0 saturated heterocycles. The number of para-hydroxylation sites is 1. The number of hydrogen-bond acceptors (Lipinski definition) is 2. The van der Waals surface area contributed by atoms with E-state index in [-0.39, 0.29) is 5.91 Å². The van der Waals surface area contributed by atoms with Gasteiger partial charge in [-0.25, -0.2) is 0 Å². The highest BCUT2D eigenvalue weighted by Crippen LogP contribution is 2.16. The van der Waals surface area contributed by atoms with E-state index in [9.17, 15) is 4.79 Å². The Morgan fingerprint density at radius 2 is 2.21 bits per heavy atom. The van der Waals surface area contributed by atoms with E-state index in [0.717, 1.165) is 0 Å². The molecular formula is C11H14NO2. The molecule has 1 aromatic rings. The van der Waals surface area contributed by atoms with Crippen molar-refractivity contribution in [3.05, 3.63) is 36.8 Å². The van der Waals surface area contributed by atoms with Crippen LogP contribution in [0, 0.1) is 6.92 Å². The summed E-state index contributed by atoms with van der Waals surface area (Å²) in [6, 6.07) is 7.13. The van der Waals surface area contributed by atoms with Crippen LogP contribution in [-0.4, -0.2) is 19.6 Å². The minimum absolute atomic E-state index is 0.119. The molecular weight excluding hydrogens is 178 g/mol. The highest BCUT2D eigenvalue weighted by atomic mass is 16.5. The van der Waals surface area contributed by atoms with Gasteiger partial charge in [0, 0.05) is 6.54 Å². The van der Waals surface area contributed by atoms with Gasteiger partial charge in [-0.2, -0.15) is 0 Å². The van der Waals surface area contributed by atoms with Crippen molar-refractivity contribution >= 4 is 5.91 Å². The van der Waals surface area contributed by atoms with Crippen molar-refractivity contribution in [3.8, 4) is 5.75 Å². The van der Waals surface area contributed by atoms with Crippen LogP contribution in [0.15, 0.2) is 24.3 Å². The molecule has 0 aliphatic heterocycles. The molecule has 0 unspecified atom stereocenters. The van der Waals surface area contributed by atoms with Crippen LogP contribution < -0.4 is 10.1 Å². The second kappa shape index (κ2) is 5.27. The van der Waals surface area contributed by atoms with Crippen molar-refractivity contribution in [2.24, 2.45) is 0 Å². The Hall–Kier alpha value is -1.51. The summed E-state index contributed by atoms with van der Waals surface area (Å²) in [4.78, 5) is 11.6. The van der Waals surface area contributed by atoms with Crippen molar-refractivity contribution in [1.29, 1.82) is 0 Å². The molecule has 0 bridgehead atoms. The van der Waals surface area contributed by atoms with E-state index in [0.29, 0.717) is 24.3 Å². The minimum Gasteiger partial charge on any atom is -0.496 e. The second-order valence-electron chi connectivity index (χ2n) is 2.81. The predicted octanol–water partition coefficient (Wildman–Crippen LogP) is 1.65. The third-order valence-electron chi connectivity index (χ3n) is 1.81. The molecule has 0 aromatic heterocycles. The summed E-state index contributed by atoms with van der Waals surface area (Å²) in [6.07, 6.45) is 0.681. The maximum absolute atomic E-state index is 11.6. The van der Waals surface area contributed by atoms with Crippen LogP contribution in [0.4, 0.5) is 0 Å². The summed E-state index contributed by atoms with van der Waals surface area (Å²) in [7, 11) is 1.55. The number of methoxy groups -OCH3 is 1. The van der Waals surface area contributed by atoms with Crippen LogP contribution in [0.5, 0.6) is 5.75 Å². The smallest absolute Gasteiger partial charge is 0.255 e. The molecule has 0 aliphatic rings. The monoisotopic (exact) mass is 192 g/mol. The number of nitrogens with one attached hydrogen (secondary N) is 1. The molecule has 0 saturated carbocycles. The Morgan fingerprint density at radius 1 is 1.50 bits per heavy atom. The van der Waals surface area contributed by atoms with Gasteiger partial charge in [0.1, 0.15) is 5.75 Å². The molecule has 3 nitrogen and oxygen atoms in total. The lowest BCUT2D eigenvalue weighted by atomic mass is 10.2. The normalized spacial score (nSPS) is 9.57. The summed E-state index contributed by atoms with van der Waals surface area (Å²) in [6.45, 7) is 4.23. The van der Waals surface area contributed by atoms with Crippen LogP contribution in [-0.2, 0) is 0 Å². The minimum atomic E-state index is -0.119. The van der Waals surface area contributed by atoms with Crippen molar-refractivity contribution in [1.82, 2.24) is 5.32 Å². The maximum Gasteiger partial charge on any atom is 0.255 e. The lowest BCUT2D eigenvalue weighted by Crippen LogP contribution is -2.24. The number of benzene rings is 1. The van der Waals surface area contributed by atoms with Crippen molar-refractivity contribution in [2.45, 2.75) is 6.42 Å². The third-order valence-corrected chi connectivity index (χ3v) is 1.81. The second-order valence-corrected chi connectivity index (χ2v) is 2.81. The largest absolute Gasteiger partial charge is 0.496 e. The van der Waals surface area contributed by atoms with E-state index in [1.165, 1.54) is 0 Å². The number of hydrogen-bond donors (Lipinski definition) is 1.